The quantitative estimate of drug-likeness (QED) is 0.935. The fraction of sp³-hybridized carbons (Fsp3) is 0.588. The van der Waals surface area contributed by atoms with Gasteiger partial charge >= 0.3 is 0 Å². The molecule has 1 saturated heterocycles. The van der Waals surface area contributed by atoms with E-state index in [9.17, 15) is 4.79 Å². The van der Waals surface area contributed by atoms with Crippen molar-refractivity contribution in [3.63, 3.8) is 0 Å². The second-order valence-electron chi connectivity index (χ2n) is 6.43. The van der Waals surface area contributed by atoms with Crippen LogP contribution in [-0.2, 0) is 11.2 Å². The molecule has 0 aromatic carbocycles. The number of nitrogens with one attached hydrogen (secondary N) is 1. The van der Waals surface area contributed by atoms with Crippen LogP contribution in [0.2, 0.25) is 0 Å². The molecule has 23 heavy (non-hydrogen) atoms. The van der Waals surface area contributed by atoms with E-state index >= 15 is 0 Å². The van der Waals surface area contributed by atoms with Crippen molar-refractivity contribution in [2.75, 3.05) is 18.0 Å². The molecule has 0 radical (unpaired) electrons. The average Bonchev–Trinajstić information content (AvgIpc) is 2.97. The van der Waals surface area contributed by atoms with Crippen LogP contribution < -0.4 is 10.2 Å². The summed E-state index contributed by atoms with van der Waals surface area (Å²) < 4.78 is 0. The van der Waals surface area contributed by atoms with Crippen molar-refractivity contribution in [3.8, 4) is 0 Å². The van der Waals surface area contributed by atoms with Crippen molar-refractivity contribution in [1.29, 1.82) is 0 Å². The Labute approximate surface area is 141 Å². The highest BCUT2D eigenvalue weighted by atomic mass is 32.1. The fourth-order valence-corrected chi connectivity index (χ4v) is 4.03. The second kappa shape index (κ2) is 6.83. The number of aromatic nitrogens is 2. The third kappa shape index (κ3) is 3.47. The summed E-state index contributed by atoms with van der Waals surface area (Å²) in [6.07, 6.45) is 4.63. The Morgan fingerprint density at radius 3 is 3.04 bits per heavy atom. The van der Waals surface area contributed by atoms with E-state index in [0.29, 0.717) is 0 Å². The van der Waals surface area contributed by atoms with E-state index < -0.39 is 0 Å². The lowest BCUT2D eigenvalue weighted by Crippen LogP contribution is -2.45. The molecule has 1 amide bonds. The standard InChI is InChI=1S/C17H24N4OS/c1-4-13-8-14-15(18-10-19-17(14)23-13)21-7-5-6-12(9-21)16(22)20-11(2)3/h8,10-12H,4-7,9H2,1-3H3,(H,20,22)/t12-/m0/s1. The lowest BCUT2D eigenvalue weighted by Gasteiger charge is -2.33. The zero-order valence-corrected chi connectivity index (χ0v) is 14.8. The van der Waals surface area contributed by atoms with E-state index in [1.165, 1.54) is 4.88 Å². The van der Waals surface area contributed by atoms with Gasteiger partial charge < -0.3 is 10.2 Å². The molecule has 0 saturated carbocycles. The van der Waals surface area contributed by atoms with Crippen molar-refractivity contribution in [1.82, 2.24) is 15.3 Å². The van der Waals surface area contributed by atoms with Gasteiger partial charge in [-0.2, -0.15) is 0 Å². The van der Waals surface area contributed by atoms with Gasteiger partial charge in [0.1, 0.15) is 17.0 Å². The largest absolute Gasteiger partial charge is 0.355 e. The number of rotatable bonds is 4. The molecule has 1 aliphatic rings. The maximum absolute atomic E-state index is 12.3. The Hall–Kier alpha value is -1.69. The Morgan fingerprint density at radius 1 is 1.48 bits per heavy atom. The molecule has 0 aliphatic carbocycles. The maximum Gasteiger partial charge on any atom is 0.225 e. The van der Waals surface area contributed by atoms with E-state index in [2.05, 4.69) is 33.2 Å². The Kier molecular flexibility index (Phi) is 4.80. The first kappa shape index (κ1) is 16.2. The first-order chi connectivity index (χ1) is 11.1. The first-order valence-corrected chi connectivity index (χ1v) is 9.19. The predicted octanol–water partition coefficient (Wildman–Crippen LogP) is 2.99. The predicted molar refractivity (Wildman–Crippen MR) is 95.0 cm³/mol. The Bertz CT molecular complexity index is 697. The van der Waals surface area contributed by atoms with E-state index in [4.69, 9.17) is 0 Å². The van der Waals surface area contributed by atoms with Gasteiger partial charge in [0.15, 0.2) is 0 Å². The summed E-state index contributed by atoms with van der Waals surface area (Å²) in [7, 11) is 0. The van der Waals surface area contributed by atoms with Gasteiger partial charge in [0.2, 0.25) is 5.91 Å². The van der Waals surface area contributed by atoms with Gasteiger partial charge in [-0.3, -0.25) is 4.79 Å². The molecule has 3 heterocycles. The van der Waals surface area contributed by atoms with Gasteiger partial charge in [0.05, 0.1) is 11.3 Å². The minimum atomic E-state index is 0.0421. The Morgan fingerprint density at radius 2 is 2.30 bits per heavy atom. The lowest BCUT2D eigenvalue weighted by atomic mass is 9.96. The third-order valence-electron chi connectivity index (χ3n) is 4.23. The monoisotopic (exact) mass is 332 g/mol. The molecular formula is C17H24N4OS. The van der Waals surface area contributed by atoms with E-state index in [1.54, 1.807) is 17.7 Å². The van der Waals surface area contributed by atoms with E-state index in [0.717, 1.165) is 48.4 Å². The summed E-state index contributed by atoms with van der Waals surface area (Å²) in [4.78, 5) is 25.9. The number of fused-ring (bicyclic) bond motifs is 1. The minimum absolute atomic E-state index is 0.0421. The number of hydrogen-bond donors (Lipinski definition) is 1. The van der Waals surface area contributed by atoms with Crippen LogP contribution in [0.5, 0.6) is 0 Å². The van der Waals surface area contributed by atoms with Crippen LogP contribution in [0, 0.1) is 5.92 Å². The summed E-state index contributed by atoms with van der Waals surface area (Å²) in [6, 6.07) is 2.39. The van der Waals surface area contributed by atoms with Crippen LogP contribution in [0.4, 0.5) is 5.82 Å². The molecule has 3 rings (SSSR count). The highest BCUT2D eigenvalue weighted by Gasteiger charge is 2.28. The smallest absolute Gasteiger partial charge is 0.225 e. The normalized spacial score (nSPS) is 18.6. The van der Waals surface area contributed by atoms with Crippen LogP contribution >= 0.6 is 11.3 Å². The highest BCUT2D eigenvalue weighted by Crippen LogP contribution is 2.32. The van der Waals surface area contributed by atoms with Gasteiger partial charge in [-0.05, 0) is 39.2 Å². The first-order valence-electron chi connectivity index (χ1n) is 8.37. The molecule has 0 bridgehead atoms. The molecule has 1 aliphatic heterocycles. The number of carbonyl (C=O) groups is 1. The zero-order chi connectivity index (χ0) is 16.4. The van der Waals surface area contributed by atoms with Gasteiger partial charge in [-0.1, -0.05) is 6.92 Å². The van der Waals surface area contributed by atoms with Crippen molar-refractivity contribution >= 4 is 33.3 Å². The summed E-state index contributed by atoms with van der Waals surface area (Å²) in [5, 5.41) is 4.16. The van der Waals surface area contributed by atoms with Crippen molar-refractivity contribution in [2.45, 2.75) is 46.1 Å². The van der Waals surface area contributed by atoms with Gasteiger partial charge in [0, 0.05) is 24.0 Å². The van der Waals surface area contributed by atoms with Crippen LogP contribution in [0.3, 0.4) is 0 Å². The van der Waals surface area contributed by atoms with Crippen LogP contribution in [0.15, 0.2) is 12.4 Å². The van der Waals surface area contributed by atoms with Crippen LogP contribution in [0.25, 0.3) is 10.2 Å². The molecule has 2 aromatic rings. The van der Waals surface area contributed by atoms with Crippen molar-refractivity contribution in [2.24, 2.45) is 5.92 Å². The topological polar surface area (TPSA) is 58.1 Å². The number of thiophene rings is 1. The molecule has 1 atom stereocenters. The molecule has 0 spiro atoms. The average molecular weight is 332 g/mol. The molecule has 1 N–H and O–H groups in total. The number of hydrogen-bond acceptors (Lipinski definition) is 5. The van der Waals surface area contributed by atoms with Crippen LogP contribution in [-0.4, -0.2) is 35.0 Å². The minimum Gasteiger partial charge on any atom is -0.355 e. The molecule has 1 fully saturated rings. The van der Waals surface area contributed by atoms with Crippen LogP contribution in [0.1, 0.15) is 38.5 Å². The zero-order valence-electron chi connectivity index (χ0n) is 14.0. The summed E-state index contributed by atoms with van der Waals surface area (Å²) in [6.45, 7) is 7.86. The molecular weight excluding hydrogens is 308 g/mol. The number of aryl methyl sites for hydroxylation is 1. The molecule has 5 nitrogen and oxygen atoms in total. The summed E-state index contributed by atoms with van der Waals surface area (Å²) in [5.74, 6) is 1.18. The maximum atomic E-state index is 12.3. The van der Waals surface area contributed by atoms with Crippen molar-refractivity contribution in [3.05, 3.63) is 17.3 Å². The Balaban J connectivity index is 1.84. The van der Waals surface area contributed by atoms with E-state index in [-0.39, 0.29) is 17.9 Å². The van der Waals surface area contributed by atoms with Gasteiger partial charge in [-0.15, -0.1) is 11.3 Å². The highest BCUT2D eigenvalue weighted by molar-refractivity contribution is 7.18. The number of amides is 1. The molecule has 2 aromatic heterocycles. The number of nitrogens with zero attached hydrogens (tertiary/aromatic N) is 3. The van der Waals surface area contributed by atoms with Gasteiger partial charge in [-0.25, -0.2) is 9.97 Å². The fourth-order valence-electron chi connectivity index (χ4n) is 3.11. The van der Waals surface area contributed by atoms with Crippen molar-refractivity contribution < 1.29 is 4.79 Å². The molecule has 0 unspecified atom stereocenters. The second-order valence-corrected chi connectivity index (χ2v) is 7.55. The number of carbonyl (C=O) groups excluding carboxylic acids is 1. The summed E-state index contributed by atoms with van der Waals surface area (Å²) >= 11 is 1.73. The van der Waals surface area contributed by atoms with E-state index in [1.807, 2.05) is 13.8 Å². The third-order valence-corrected chi connectivity index (χ3v) is 5.42. The SMILES string of the molecule is CCc1cc2c(N3CCC[C@H](C(=O)NC(C)C)C3)ncnc2s1. The van der Waals surface area contributed by atoms with Gasteiger partial charge in [0.25, 0.3) is 0 Å². The number of piperidine rings is 1. The molecule has 124 valence electrons. The molecule has 6 heteroatoms. The lowest BCUT2D eigenvalue weighted by molar-refractivity contribution is -0.125. The number of anilines is 1. The summed E-state index contributed by atoms with van der Waals surface area (Å²) in [5.41, 5.74) is 0.